The Hall–Kier alpha value is -0.830. The summed E-state index contributed by atoms with van der Waals surface area (Å²) in [5, 5.41) is 3.15. The Kier molecular flexibility index (Phi) is 3.99. The molecule has 2 rings (SSSR count). The number of carbonyl (C=O) groups excluding carboxylic acids is 1. The number of carbonyl (C=O) groups is 1. The van der Waals surface area contributed by atoms with E-state index in [0.29, 0.717) is 11.9 Å². The maximum Gasteiger partial charge on any atom is 0.240 e. The van der Waals surface area contributed by atoms with Crippen LogP contribution in [0.2, 0.25) is 0 Å². The van der Waals surface area contributed by atoms with Gasteiger partial charge in [0.2, 0.25) is 5.91 Å². The highest BCUT2D eigenvalue weighted by Gasteiger charge is 2.29. The number of nitrogens with one attached hydrogen (secondary N) is 1. The highest BCUT2D eigenvalue weighted by atomic mass is 16.2. The van der Waals surface area contributed by atoms with Gasteiger partial charge in [-0.2, -0.15) is 0 Å². The summed E-state index contributed by atoms with van der Waals surface area (Å²) in [6.07, 6.45) is 11.3. The van der Waals surface area contributed by atoms with Crippen LogP contribution in [0.3, 0.4) is 0 Å². The van der Waals surface area contributed by atoms with Gasteiger partial charge in [-0.05, 0) is 45.6 Å². The van der Waals surface area contributed by atoms with Crippen LogP contribution in [0.4, 0.5) is 0 Å². The second kappa shape index (κ2) is 5.48. The maximum atomic E-state index is 12.3. The zero-order valence-electron chi connectivity index (χ0n) is 10.1. The highest BCUT2D eigenvalue weighted by Crippen LogP contribution is 2.21. The second-order valence-electron chi connectivity index (χ2n) is 4.80. The van der Waals surface area contributed by atoms with E-state index in [0.717, 1.165) is 32.2 Å². The average Bonchev–Trinajstić information content (AvgIpc) is 2.52. The molecule has 0 aromatic rings. The lowest BCUT2D eigenvalue weighted by Gasteiger charge is -2.32. The molecule has 16 heavy (non-hydrogen) atoms. The first-order valence-corrected chi connectivity index (χ1v) is 6.47. The number of likely N-dealkylation sites (N-methyl/N-ethyl adjacent to an activating group) is 1. The van der Waals surface area contributed by atoms with Gasteiger partial charge >= 0.3 is 0 Å². The van der Waals surface area contributed by atoms with Gasteiger partial charge in [0.1, 0.15) is 0 Å². The molecule has 0 radical (unpaired) electrons. The molecule has 1 N–H and O–H groups in total. The van der Waals surface area contributed by atoms with Crippen molar-refractivity contribution in [2.24, 2.45) is 0 Å². The van der Waals surface area contributed by atoms with Crippen molar-refractivity contribution >= 4 is 5.91 Å². The minimum Gasteiger partial charge on any atom is -0.335 e. The largest absolute Gasteiger partial charge is 0.335 e. The van der Waals surface area contributed by atoms with Gasteiger partial charge in [0, 0.05) is 6.54 Å². The first-order valence-electron chi connectivity index (χ1n) is 6.47. The van der Waals surface area contributed by atoms with Gasteiger partial charge in [0.15, 0.2) is 0 Å². The van der Waals surface area contributed by atoms with Crippen LogP contribution in [0.1, 0.15) is 38.5 Å². The first-order chi connectivity index (χ1) is 7.83. The van der Waals surface area contributed by atoms with Crippen molar-refractivity contribution in [1.82, 2.24) is 10.2 Å². The van der Waals surface area contributed by atoms with Crippen molar-refractivity contribution < 1.29 is 4.79 Å². The average molecular weight is 222 g/mol. The summed E-state index contributed by atoms with van der Waals surface area (Å²) >= 11 is 0. The fourth-order valence-electron chi connectivity index (χ4n) is 2.72. The Balaban J connectivity index is 2.08. The molecule has 90 valence electrons. The van der Waals surface area contributed by atoms with Crippen molar-refractivity contribution in [2.45, 2.75) is 50.6 Å². The summed E-state index contributed by atoms with van der Waals surface area (Å²) in [6.45, 7) is 0.937. The van der Waals surface area contributed by atoms with E-state index < -0.39 is 0 Å². The Labute approximate surface area is 97.9 Å². The zero-order chi connectivity index (χ0) is 11.4. The summed E-state index contributed by atoms with van der Waals surface area (Å²) < 4.78 is 0. The third-order valence-electron chi connectivity index (χ3n) is 3.70. The SMILES string of the molecule is CNC1CCCCN(C2C=CCCC2)C1=O. The molecule has 1 amide bonds. The topological polar surface area (TPSA) is 32.3 Å². The van der Waals surface area contributed by atoms with Gasteiger partial charge in [0.25, 0.3) is 0 Å². The normalized spacial score (nSPS) is 31.6. The summed E-state index contributed by atoms with van der Waals surface area (Å²) in [6, 6.07) is 0.396. The molecule has 3 heteroatoms. The van der Waals surface area contributed by atoms with Crippen LogP contribution in [-0.4, -0.2) is 36.5 Å². The second-order valence-corrected chi connectivity index (χ2v) is 4.80. The Morgan fingerprint density at radius 3 is 2.88 bits per heavy atom. The van der Waals surface area contributed by atoms with Crippen molar-refractivity contribution in [3.05, 3.63) is 12.2 Å². The zero-order valence-corrected chi connectivity index (χ0v) is 10.1. The van der Waals surface area contributed by atoms with Gasteiger partial charge in [-0.15, -0.1) is 0 Å². The molecular weight excluding hydrogens is 200 g/mol. The number of likely N-dealkylation sites (tertiary alicyclic amines) is 1. The molecule has 0 bridgehead atoms. The van der Waals surface area contributed by atoms with Crippen LogP contribution in [-0.2, 0) is 4.79 Å². The summed E-state index contributed by atoms with van der Waals surface area (Å²) in [4.78, 5) is 14.4. The molecule has 1 fully saturated rings. The highest BCUT2D eigenvalue weighted by molar-refractivity contribution is 5.82. The quantitative estimate of drug-likeness (QED) is 0.721. The van der Waals surface area contributed by atoms with Crippen LogP contribution in [0, 0.1) is 0 Å². The molecule has 0 aromatic carbocycles. The smallest absolute Gasteiger partial charge is 0.240 e. The Morgan fingerprint density at radius 2 is 2.19 bits per heavy atom. The molecule has 1 aliphatic heterocycles. The van der Waals surface area contributed by atoms with E-state index in [9.17, 15) is 4.79 Å². The van der Waals surface area contributed by atoms with E-state index in [-0.39, 0.29) is 6.04 Å². The molecule has 1 aliphatic carbocycles. The monoisotopic (exact) mass is 222 g/mol. The number of allylic oxidation sites excluding steroid dienone is 1. The lowest BCUT2D eigenvalue weighted by atomic mass is 10.0. The summed E-state index contributed by atoms with van der Waals surface area (Å²) in [7, 11) is 1.89. The van der Waals surface area contributed by atoms with E-state index >= 15 is 0 Å². The van der Waals surface area contributed by atoms with Crippen LogP contribution < -0.4 is 5.32 Å². The molecule has 1 saturated heterocycles. The Morgan fingerprint density at radius 1 is 1.31 bits per heavy atom. The van der Waals surface area contributed by atoms with E-state index in [2.05, 4.69) is 22.4 Å². The van der Waals surface area contributed by atoms with Gasteiger partial charge in [-0.3, -0.25) is 4.79 Å². The fraction of sp³-hybridized carbons (Fsp3) is 0.769. The summed E-state index contributed by atoms with van der Waals surface area (Å²) in [5.74, 6) is 0.302. The van der Waals surface area contributed by atoms with Gasteiger partial charge in [-0.25, -0.2) is 0 Å². The molecule has 0 spiro atoms. The van der Waals surface area contributed by atoms with Crippen molar-refractivity contribution in [3.8, 4) is 0 Å². The number of nitrogens with zero attached hydrogens (tertiary/aromatic N) is 1. The van der Waals surface area contributed by atoms with E-state index in [1.54, 1.807) is 0 Å². The molecule has 2 aliphatic rings. The molecule has 0 saturated carbocycles. The predicted molar refractivity (Wildman–Crippen MR) is 65.2 cm³/mol. The van der Waals surface area contributed by atoms with E-state index in [1.165, 1.54) is 12.8 Å². The minimum absolute atomic E-state index is 0.0397. The van der Waals surface area contributed by atoms with Gasteiger partial charge in [-0.1, -0.05) is 12.2 Å². The minimum atomic E-state index is 0.0397. The van der Waals surface area contributed by atoms with E-state index in [4.69, 9.17) is 0 Å². The standard InChI is InChI=1S/C13H22N2O/c1-14-12-9-5-6-10-15(13(12)16)11-7-3-2-4-8-11/h3,7,11-12,14H,2,4-6,8-10H2,1H3. The maximum absolute atomic E-state index is 12.3. The number of hydrogen-bond acceptors (Lipinski definition) is 2. The van der Waals surface area contributed by atoms with Crippen LogP contribution >= 0.6 is 0 Å². The fourth-order valence-corrected chi connectivity index (χ4v) is 2.72. The molecular formula is C13H22N2O. The third-order valence-corrected chi connectivity index (χ3v) is 3.70. The number of amides is 1. The molecule has 0 aromatic heterocycles. The van der Waals surface area contributed by atoms with E-state index in [1.807, 2.05) is 7.05 Å². The molecule has 2 atom stereocenters. The molecule has 2 unspecified atom stereocenters. The van der Waals surface area contributed by atoms with Crippen LogP contribution in [0.5, 0.6) is 0 Å². The molecule has 1 heterocycles. The van der Waals surface area contributed by atoms with Crippen LogP contribution in [0.15, 0.2) is 12.2 Å². The lowest BCUT2D eigenvalue weighted by molar-refractivity contribution is -0.134. The van der Waals surface area contributed by atoms with Gasteiger partial charge in [0.05, 0.1) is 12.1 Å². The van der Waals surface area contributed by atoms with Gasteiger partial charge < -0.3 is 10.2 Å². The molecule has 3 nitrogen and oxygen atoms in total. The third kappa shape index (κ3) is 2.46. The lowest BCUT2D eigenvalue weighted by Crippen LogP contribution is -2.48. The number of rotatable bonds is 2. The van der Waals surface area contributed by atoms with Crippen molar-refractivity contribution in [2.75, 3.05) is 13.6 Å². The van der Waals surface area contributed by atoms with Crippen molar-refractivity contribution in [1.29, 1.82) is 0 Å². The number of hydrogen-bond donors (Lipinski definition) is 1. The van der Waals surface area contributed by atoms with Crippen LogP contribution in [0.25, 0.3) is 0 Å². The Bertz CT molecular complexity index is 275. The summed E-state index contributed by atoms with van der Waals surface area (Å²) in [5.41, 5.74) is 0. The predicted octanol–water partition coefficient (Wildman–Crippen LogP) is 1.70. The first kappa shape index (κ1) is 11.6. The van der Waals surface area contributed by atoms with Crippen molar-refractivity contribution in [3.63, 3.8) is 0 Å².